The molecule has 0 aromatic heterocycles. The molecule has 130 valence electrons. The van der Waals surface area contributed by atoms with Crippen molar-refractivity contribution >= 4 is 11.9 Å². The molecule has 0 saturated heterocycles. The van der Waals surface area contributed by atoms with E-state index in [4.69, 9.17) is 15.9 Å². The number of carbonyl (C=O) groups excluding carboxylic acids is 2. The van der Waals surface area contributed by atoms with E-state index in [-0.39, 0.29) is 19.6 Å². The number of hydrogen-bond acceptors (Lipinski definition) is 4. The highest BCUT2D eigenvalue weighted by Crippen LogP contribution is 2.32. The summed E-state index contributed by atoms with van der Waals surface area (Å²) in [6.07, 6.45) is 8.18. The molecule has 1 rings (SSSR count). The first-order valence-corrected chi connectivity index (χ1v) is 8.42. The van der Waals surface area contributed by atoms with Gasteiger partial charge < -0.3 is 9.47 Å². The summed E-state index contributed by atoms with van der Waals surface area (Å²) < 4.78 is 10.2. The van der Waals surface area contributed by atoms with Crippen LogP contribution in [0.5, 0.6) is 0 Å². The third kappa shape index (κ3) is 5.42. The molecule has 0 aliphatic carbocycles. The van der Waals surface area contributed by atoms with Crippen molar-refractivity contribution in [2.24, 2.45) is 5.41 Å². The van der Waals surface area contributed by atoms with E-state index in [1.165, 1.54) is 5.56 Å². The van der Waals surface area contributed by atoms with E-state index in [1.54, 1.807) is 13.8 Å². The first-order chi connectivity index (χ1) is 11.6. The molecule has 0 unspecified atom stereocenters. The number of carbonyl (C=O) groups is 2. The molecule has 0 saturated carbocycles. The highest BCUT2D eigenvalue weighted by atomic mass is 16.6. The minimum atomic E-state index is -1.39. The maximum atomic E-state index is 12.4. The Morgan fingerprint density at radius 3 is 2.12 bits per heavy atom. The Hall–Kier alpha value is -2.28. The van der Waals surface area contributed by atoms with Gasteiger partial charge in [0.2, 0.25) is 0 Å². The second-order valence-corrected chi connectivity index (χ2v) is 5.60. The maximum absolute atomic E-state index is 12.4. The molecular formula is C20H26O4. The fraction of sp³-hybridized carbons (Fsp3) is 0.500. The highest BCUT2D eigenvalue weighted by molar-refractivity contribution is 6.00. The standard InChI is InChI=1S/C20H26O4/c1-4-15-20(18(21)23-5-2,19(22)24-6-3)16-11-10-14-17-12-8-7-9-13-17/h1,7-9,12-13H,5-6,10-11,14-16H2,2-3H3. The highest BCUT2D eigenvalue weighted by Gasteiger charge is 2.47. The third-order valence-corrected chi connectivity index (χ3v) is 3.90. The lowest BCUT2D eigenvalue weighted by atomic mass is 9.79. The molecule has 0 fully saturated rings. The number of unbranched alkanes of at least 4 members (excludes halogenated alkanes) is 1. The van der Waals surface area contributed by atoms with Crippen molar-refractivity contribution in [2.75, 3.05) is 13.2 Å². The van der Waals surface area contributed by atoms with Crippen LogP contribution >= 0.6 is 0 Å². The number of hydrogen-bond donors (Lipinski definition) is 0. The second-order valence-electron chi connectivity index (χ2n) is 5.60. The average Bonchev–Trinajstić information content (AvgIpc) is 2.59. The second kappa shape index (κ2) is 10.5. The molecule has 4 nitrogen and oxygen atoms in total. The number of benzene rings is 1. The quantitative estimate of drug-likeness (QED) is 0.285. The van der Waals surface area contributed by atoms with Gasteiger partial charge in [-0.1, -0.05) is 36.8 Å². The molecule has 0 aliphatic rings. The number of esters is 2. The molecule has 4 heteroatoms. The first-order valence-electron chi connectivity index (χ1n) is 8.42. The van der Waals surface area contributed by atoms with Crippen LogP contribution in [0.4, 0.5) is 0 Å². The fourth-order valence-electron chi connectivity index (χ4n) is 2.63. The van der Waals surface area contributed by atoms with Gasteiger partial charge in [0.15, 0.2) is 5.41 Å². The van der Waals surface area contributed by atoms with Gasteiger partial charge in [0.25, 0.3) is 0 Å². The van der Waals surface area contributed by atoms with Crippen molar-refractivity contribution in [1.82, 2.24) is 0 Å². The summed E-state index contributed by atoms with van der Waals surface area (Å²) in [4.78, 5) is 24.8. The third-order valence-electron chi connectivity index (χ3n) is 3.90. The van der Waals surface area contributed by atoms with Gasteiger partial charge in [-0.05, 0) is 38.7 Å². The van der Waals surface area contributed by atoms with Crippen LogP contribution < -0.4 is 0 Å². The molecule has 24 heavy (non-hydrogen) atoms. The molecular weight excluding hydrogens is 304 g/mol. The largest absolute Gasteiger partial charge is 0.465 e. The monoisotopic (exact) mass is 330 g/mol. The number of rotatable bonds is 10. The molecule has 0 spiro atoms. The fourth-order valence-corrected chi connectivity index (χ4v) is 2.63. The summed E-state index contributed by atoms with van der Waals surface area (Å²) in [6.45, 7) is 3.82. The SMILES string of the molecule is C#CCC(CCCCc1ccccc1)(C(=O)OCC)C(=O)OCC. The summed E-state index contributed by atoms with van der Waals surface area (Å²) >= 11 is 0. The van der Waals surface area contributed by atoms with E-state index in [0.29, 0.717) is 12.8 Å². The van der Waals surface area contributed by atoms with Crippen LogP contribution in [0.2, 0.25) is 0 Å². The topological polar surface area (TPSA) is 52.6 Å². The predicted molar refractivity (Wildman–Crippen MR) is 93.1 cm³/mol. The van der Waals surface area contributed by atoms with Crippen molar-refractivity contribution in [3.05, 3.63) is 35.9 Å². The Balaban J connectivity index is 2.77. The van der Waals surface area contributed by atoms with Crippen LogP contribution in [0.25, 0.3) is 0 Å². The van der Waals surface area contributed by atoms with E-state index in [1.807, 2.05) is 18.2 Å². The van der Waals surface area contributed by atoms with E-state index in [0.717, 1.165) is 12.8 Å². The molecule has 1 aromatic rings. The summed E-state index contributed by atoms with van der Waals surface area (Å²) in [5.74, 6) is 1.28. The summed E-state index contributed by atoms with van der Waals surface area (Å²) in [7, 11) is 0. The molecule has 0 heterocycles. The van der Waals surface area contributed by atoms with Gasteiger partial charge in [-0.2, -0.15) is 0 Å². The summed E-state index contributed by atoms with van der Waals surface area (Å²) in [5.41, 5.74) is -0.162. The number of terminal acetylenes is 1. The van der Waals surface area contributed by atoms with E-state index in [9.17, 15) is 9.59 Å². The van der Waals surface area contributed by atoms with Crippen molar-refractivity contribution in [3.8, 4) is 12.3 Å². The van der Waals surface area contributed by atoms with Gasteiger partial charge in [0.1, 0.15) is 0 Å². The molecule has 0 bridgehead atoms. The van der Waals surface area contributed by atoms with Gasteiger partial charge >= 0.3 is 11.9 Å². The zero-order chi connectivity index (χ0) is 17.8. The van der Waals surface area contributed by atoms with Crippen LogP contribution in [0.3, 0.4) is 0 Å². The van der Waals surface area contributed by atoms with Crippen molar-refractivity contribution < 1.29 is 19.1 Å². The molecule has 0 atom stereocenters. The van der Waals surface area contributed by atoms with Gasteiger partial charge in [-0.25, -0.2) is 0 Å². The Morgan fingerprint density at radius 1 is 1.04 bits per heavy atom. The van der Waals surface area contributed by atoms with E-state index < -0.39 is 17.4 Å². The van der Waals surface area contributed by atoms with Gasteiger partial charge in [0.05, 0.1) is 13.2 Å². The van der Waals surface area contributed by atoms with Crippen LogP contribution in [0.1, 0.15) is 45.1 Å². The predicted octanol–water partition coefficient (Wildman–Crippen LogP) is 3.54. The molecule has 0 N–H and O–H groups in total. The zero-order valence-corrected chi connectivity index (χ0v) is 14.5. The maximum Gasteiger partial charge on any atom is 0.324 e. The van der Waals surface area contributed by atoms with Gasteiger partial charge in [0, 0.05) is 6.42 Å². The zero-order valence-electron chi connectivity index (χ0n) is 14.5. The molecule has 0 radical (unpaired) electrons. The molecule has 1 aromatic carbocycles. The lowest BCUT2D eigenvalue weighted by Crippen LogP contribution is -2.42. The Bertz CT molecular complexity index is 539. The minimum Gasteiger partial charge on any atom is -0.465 e. The van der Waals surface area contributed by atoms with E-state index >= 15 is 0 Å². The van der Waals surface area contributed by atoms with Gasteiger partial charge in [-0.3, -0.25) is 9.59 Å². The molecule has 0 aliphatic heterocycles. The van der Waals surface area contributed by atoms with Crippen LogP contribution in [0.15, 0.2) is 30.3 Å². The Morgan fingerprint density at radius 2 is 1.62 bits per heavy atom. The van der Waals surface area contributed by atoms with Crippen LogP contribution in [-0.4, -0.2) is 25.2 Å². The van der Waals surface area contributed by atoms with Crippen molar-refractivity contribution in [3.63, 3.8) is 0 Å². The van der Waals surface area contributed by atoms with E-state index in [2.05, 4.69) is 18.1 Å². The number of ether oxygens (including phenoxy) is 2. The summed E-state index contributed by atoms with van der Waals surface area (Å²) in [6, 6.07) is 10.1. The van der Waals surface area contributed by atoms with Crippen molar-refractivity contribution in [1.29, 1.82) is 0 Å². The number of aryl methyl sites for hydroxylation is 1. The lowest BCUT2D eigenvalue weighted by Gasteiger charge is -2.27. The first kappa shape index (κ1) is 19.8. The normalized spacial score (nSPS) is 10.7. The Kier molecular flexibility index (Phi) is 8.64. The molecule has 0 amide bonds. The minimum absolute atomic E-state index is 0.00396. The van der Waals surface area contributed by atoms with Crippen LogP contribution in [0, 0.1) is 17.8 Å². The van der Waals surface area contributed by atoms with Gasteiger partial charge in [-0.15, -0.1) is 12.3 Å². The Labute approximate surface area is 144 Å². The van der Waals surface area contributed by atoms with Crippen LogP contribution in [-0.2, 0) is 25.5 Å². The lowest BCUT2D eigenvalue weighted by molar-refractivity contribution is -0.172. The smallest absolute Gasteiger partial charge is 0.324 e. The summed E-state index contributed by atoms with van der Waals surface area (Å²) in [5, 5.41) is 0. The average molecular weight is 330 g/mol. The van der Waals surface area contributed by atoms with Crippen molar-refractivity contribution in [2.45, 2.75) is 46.0 Å².